The van der Waals surface area contributed by atoms with Crippen molar-refractivity contribution in [1.29, 1.82) is 0 Å². The number of amides is 1. The molecule has 0 aliphatic carbocycles. The lowest BCUT2D eigenvalue weighted by Gasteiger charge is -2.42. The molecule has 0 spiro atoms. The molecule has 1 unspecified atom stereocenters. The Balaban J connectivity index is 1.33. The average Bonchev–Trinajstić information content (AvgIpc) is 3.62. The number of carbonyl (C=O) groups is 1. The molecule has 2 N–H and O–H groups in total. The number of pyridine rings is 1. The summed E-state index contributed by atoms with van der Waals surface area (Å²) in [4.78, 5) is 30.8. The predicted octanol–water partition coefficient (Wildman–Crippen LogP) is 5.82. The van der Waals surface area contributed by atoms with Crippen LogP contribution in [0.5, 0.6) is 11.8 Å². The van der Waals surface area contributed by atoms with Gasteiger partial charge in [-0.25, -0.2) is 18.0 Å². The number of anilines is 1. The van der Waals surface area contributed by atoms with Gasteiger partial charge in [0.2, 0.25) is 0 Å². The average molecular weight is 663 g/mol. The molecule has 0 saturated carbocycles. The number of nitrogens with one attached hydrogen (secondary N) is 1. The van der Waals surface area contributed by atoms with Crippen molar-refractivity contribution in [1.82, 2.24) is 25.2 Å². The number of halogens is 3. The summed E-state index contributed by atoms with van der Waals surface area (Å²) >= 11 is 0. The molecule has 2 atom stereocenters. The van der Waals surface area contributed by atoms with E-state index in [1.807, 2.05) is 0 Å². The van der Waals surface area contributed by atoms with Crippen molar-refractivity contribution in [3.8, 4) is 23.0 Å². The Morgan fingerprint density at radius 3 is 2.77 bits per heavy atom. The van der Waals surface area contributed by atoms with Gasteiger partial charge in [-0.3, -0.25) is 9.88 Å². The number of hydrogen-bond donors (Lipinski definition) is 2. The van der Waals surface area contributed by atoms with Gasteiger partial charge in [-0.1, -0.05) is 6.07 Å². The highest BCUT2D eigenvalue weighted by molar-refractivity contribution is 6.01. The van der Waals surface area contributed by atoms with Gasteiger partial charge < -0.3 is 24.8 Å². The number of aromatic hydroxyl groups is 1. The van der Waals surface area contributed by atoms with Gasteiger partial charge in [0.25, 0.3) is 0 Å². The van der Waals surface area contributed by atoms with Crippen molar-refractivity contribution in [2.45, 2.75) is 69.1 Å². The van der Waals surface area contributed by atoms with Gasteiger partial charge in [-0.2, -0.15) is 9.97 Å². The van der Waals surface area contributed by atoms with Crippen LogP contribution in [0, 0.1) is 11.6 Å². The molecule has 0 radical (unpaired) electrons. The van der Waals surface area contributed by atoms with Crippen LogP contribution in [0.15, 0.2) is 30.5 Å². The minimum Gasteiger partial charge on any atom is -0.508 e. The molecular formula is C35H37F3N6O4. The number of rotatable bonds is 3. The Hall–Kier alpha value is -4.39. The Kier molecular flexibility index (Phi) is 7.50. The molecule has 6 bridgehead atoms. The first-order chi connectivity index (χ1) is 23.1. The van der Waals surface area contributed by atoms with E-state index >= 15 is 13.2 Å². The lowest BCUT2D eigenvalue weighted by atomic mass is 9.90. The fourth-order valence-electron chi connectivity index (χ4n) is 8.40. The SMILES string of the molecule is C[C@@]12CC(F)CN(C1)c1nc(OCC34CCCN3CCC4)nc3c(F)c(ncc13)-c1cc(O)cc3ccc(F)c(c13)CCCOC(=O)N2. The van der Waals surface area contributed by atoms with Crippen LogP contribution in [0.2, 0.25) is 0 Å². The highest BCUT2D eigenvalue weighted by Crippen LogP contribution is 2.42. The Labute approximate surface area is 275 Å². The topological polar surface area (TPSA) is 113 Å². The minimum absolute atomic E-state index is 0.0286. The van der Waals surface area contributed by atoms with E-state index in [-0.39, 0.29) is 89.8 Å². The lowest BCUT2D eigenvalue weighted by Crippen LogP contribution is -2.60. The van der Waals surface area contributed by atoms with Crippen molar-refractivity contribution in [2.75, 3.05) is 44.3 Å². The molecule has 7 heterocycles. The molecule has 1 amide bonds. The first-order valence-electron chi connectivity index (χ1n) is 16.6. The zero-order chi connectivity index (χ0) is 33.2. The number of nitrogens with zero attached hydrogens (tertiary/aromatic N) is 5. The molecule has 2 aromatic carbocycles. The number of alkyl carbamates (subject to hydrolysis) is 1. The number of phenols is 1. The molecule has 48 heavy (non-hydrogen) atoms. The number of phenolic OH excluding ortho intramolecular Hbond substituents is 1. The smallest absolute Gasteiger partial charge is 0.407 e. The van der Waals surface area contributed by atoms with Crippen LogP contribution in [-0.2, 0) is 11.2 Å². The van der Waals surface area contributed by atoms with E-state index in [1.165, 1.54) is 30.5 Å². The number of aryl methyl sites for hydroxylation is 1. The van der Waals surface area contributed by atoms with Gasteiger partial charge in [0, 0.05) is 24.7 Å². The van der Waals surface area contributed by atoms with E-state index in [1.54, 1.807) is 11.8 Å². The number of carbonyl (C=O) groups excluding carboxylic acids is 1. The van der Waals surface area contributed by atoms with Crippen molar-refractivity contribution in [3.05, 3.63) is 47.7 Å². The van der Waals surface area contributed by atoms with Crippen molar-refractivity contribution < 1.29 is 32.5 Å². The summed E-state index contributed by atoms with van der Waals surface area (Å²) in [6, 6.07) is 5.60. The van der Waals surface area contributed by atoms with Crippen LogP contribution in [0.25, 0.3) is 32.9 Å². The fraction of sp³-hybridized carbons (Fsp3) is 0.486. The maximum Gasteiger partial charge on any atom is 0.407 e. The number of benzene rings is 2. The van der Waals surface area contributed by atoms with Crippen LogP contribution >= 0.6 is 0 Å². The van der Waals surface area contributed by atoms with Crippen molar-refractivity contribution >= 4 is 33.6 Å². The van der Waals surface area contributed by atoms with Crippen molar-refractivity contribution in [2.24, 2.45) is 0 Å². The number of ether oxygens (including phenoxy) is 2. The molecule has 3 fully saturated rings. The second kappa shape index (κ2) is 11.6. The Morgan fingerprint density at radius 1 is 1.15 bits per heavy atom. The summed E-state index contributed by atoms with van der Waals surface area (Å²) in [5, 5.41) is 14.6. The summed E-state index contributed by atoms with van der Waals surface area (Å²) in [5.74, 6) is -1.25. The highest BCUT2D eigenvalue weighted by atomic mass is 19.1. The molecule has 5 aliphatic heterocycles. The van der Waals surface area contributed by atoms with Crippen LogP contribution in [0.4, 0.5) is 23.8 Å². The molecular weight excluding hydrogens is 625 g/mol. The second-order valence-corrected chi connectivity index (χ2v) is 13.9. The van der Waals surface area contributed by atoms with Crippen LogP contribution in [-0.4, -0.2) is 87.7 Å². The summed E-state index contributed by atoms with van der Waals surface area (Å²) in [7, 11) is 0. The third-order valence-electron chi connectivity index (χ3n) is 10.5. The lowest BCUT2D eigenvalue weighted by molar-refractivity contribution is 0.107. The van der Waals surface area contributed by atoms with Crippen LogP contribution < -0.4 is 15.0 Å². The number of piperidine rings is 1. The normalized spacial score (nSPS) is 24.1. The van der Waals surface area contributed by atoms with Gasteiger partial charge >= 0.3 is 12.1 Å². The first kappa shape index (κ1) is 30.9. The zero-order valence-corrected chi connectivity index (χ0v) is 26.7. The standard InChI is InChI=1S/C35H37F3N6O4/c1-34-15-21(36)17-43(18-34)31-25-16-39-29(28(38)30(25)40-32(41-31)48-19-35-8-3-10-44(35)11-4-9-35)24-14-22(45)13-20-6-7-26(37)23(27(20)24)5-2-12-47-33(46)42-34/h6-7,13-14,16,21,45H,2-5,8-12,15,17-19H2,1H3,(H,42,46)/t21?,34-/m1/s1. The van der Waals surface area contributed by atoms with Gasteiger partial charge in [0.1, 0.15) is 41.4 Å². The highest BCUT2D eigenvalue weighted by Gasteiger charge is 2.45. The predicted molar refractivity (Wildman–Crippen MR) is 173 cm³/mol. The van der Waals surface area contributed by atoms with Gasteiger partial charge in [0.05, 0.1) is 29.6 Å². The Morgan fingerprint density at radius 2 is 1.96 bits per heavy atom. The fourth-order valence-corrected chi connectivity index (χ4v) is 8.40. The van der Waals surface area contributed by atoms with Crippen LogP contribution in [0.3, 0.4) is 0 Å². The molecule has 10 nitrogen and oxygen atoms in total. The van der Waals surface area contributed by atoms with Gasteiger partial charge in [0.15, 0.2) is 5.82 Å². The van der Waals surface area contributed by atoms with E-state index in [4.69, 9.17) is 14.5 Å². The first-order valence-corrected chi connectivity index (χ1v) is 16.6. The molecule has 3 saturated heterocycles. The molecule has 13 heteroatoms. The quantitative estimate of drug-likeness (QED) is 0.281. The molecule has 2 aromatic heterocycles. The van der Waals surface area contributed by atoms with Crippen molar-refractivity contribution in [3.63, 3.8) is 0 Å². The third-order valence-corrected chi connectivity index (χ3v) is 10.5. The second-order valence-electron chi connectivity index (χ2n) is 13.9. The minimum atomic E-state index is -1.35. The number of aromatic nitrogens is 3. The largest absolute Gasteiger partial charge is 0.508 e. The maximum atomic E-state index is 17.0. The van der Waals surface area contributed by atoms with E-state index < -0.39 is 29.4 Å². The number of alkyl halides is 1. The van der Waals surface area contributed by atoms with E-state index in [0.29, 0.717) is 17.4 Å². The van der Waals surface area contributed by atoms with Gasteiger partial charge in [-0.15, -0.1) is 0 Å². The molecule has 4 aromatic rings. The molecule has 9 rings (SSSR count). The van der Waals surface area contributed by atoms with E-state index in [2.05, 4.69) is 20.2 Å². The van der Waals surface area contributed by atoms with Gasteiger partial charge in [-0.05, 0) is 93.1 Å². The molecule has 5 aliphatic rings. The monoisotopic (exact) mass is 662 g/mol. The third kappa shape index (κ3) is 5.32. The van der Waals surface area contributed by atoms with E-state index in [9.17, 15) is 9.90 Å². The Bertz CT molecular complexity index is 1930. The summed E-state index contributed by atoms with van der Waals surface area (Å²) in [6.45, 7) is 4.12. The maximum absolute atomic E-state index is 17.0. The zero-order valence-electron chi connectivity index (χ0n) is 26.7. The van der Waals surface area contributed by atoms with Crippen LogP contribution in [0.1, 0.15) is 51.0 Å². The van der Waals surface area contributed by atoms with E-state index in [0.717, 1.165) is 38.8 Å². The number of hydrogen-bond acceptors (Lipinski definition) is 9. The number of fused-ring (bicyclic) bond motifs is 7. The summed E-state index contributed by atoms with van der Waals surface area (Å²) < 4.78 is 59.6. The summed E-state index contributed by atoms with van der Waals surface area (Å²) in [6.07, 6.45) is 3.91. The molecule has 252 valence electrons. The summed E-state index contributed by atoms with van der Waals surface area (Å²) in [5.41, 5.74) is -0.953.